The van der Waals surface area contributed by atoms with Gasteiger partial charge in [-0.2, -0.15) is 0 Å². The Labute approximate surface area is 236 Å². The summed E-state index contributed by atoms with van der Waals surface area (Å²) in [6.07, 6.45) is 1.31. The Balaban J connectivity index is 2.03. The fourth-order valence-corrected chi connectivity index (χ4v) is 5.32. The Kier molecular flexibility index (Phi) is 9.80. The van der Waals surface area contributed by atoms with E-state index in [0.717, 1.165) is 21.7 Å². The number of halogens is 1. The third-order valence-electron chi connectivity index (χ3n) is 6.52. The van der Waals surface area contributed by atoms with Crippen molar-refractivity contribution >= 4 is 39.1 Å². The largest absolute Gasteiger partial charge is 0.357 e. The van der Waals surface area contributed by atoms with Gasteiger partial charge in [0, 0.05) is 25.0 Å². The quantitative estimate of drug-likeness (QED) is 0.380. The smallest absolute Gasteiger partial charge is 0.244 e. The standard InChI is InChI=1S/C30H36ClN3O4S/c1-30(2,3)24-15-17-25(18-16-24)34(39(5,37)38)21-28(35)33(20-23-13-9-10-14-26(23)31)27(29(36)32-4)19-22-11-7-6-8-12-22/h6-18,27H,19-21H2,1-5H3,(H,32,36). The van der Waals surface area contributed by atoms with Crippen molar-refractivity contribution in [2.45, 2.75) is 45.2 Å². The maximum atomic E-state index is 14.0. The number of benzene rings is 3. The number of hydrogen-bond acceptors (Lipinski definition) is 4. The maximum absolute atomic E-state index is 14.0. The topological polar surface area (TPSA) is 86.8 Å². The van der Waals surface area contributed by atoms with Gasteiger partial charge in [-0.3, -0.25) is 13.9 Å². The van der Waals surface area contributed by atoms with Gasteiger partial charge in [0.05, 0.1) is 11.9 Å². The number of sulfonamides is 1. The molecule has 1 unspecified atom stereocenters. The molecule has 0 aliphatic rings. The summed E-state index contributed by atoms with van der Waals surface area (Å²) in [4.78, 5) is 28.5. The van der Waals surface area contributed by atoms with Gasteiger partial charge in [-0.1, -0.05) is 93.0 Å². The minimum absolute atomic E-state index is 0.0317. The van der Waals surface area contributed by atoms with Crippen LogP contribution >= 0.6 is 11.6 Å². The molecule has 7 nitrogen and oxygen atoms in total. The van der Waals surface area contributed by atoms with Crippen molar-refractivity contribution in [2.75, 3.05) is 24.2 Å². The Morgan fingerprint density at radius 2 is 1.51 bits per heavy atom. The van der Waals surface area contributed by atoms with Crippen molar-refractivity contribution in [3.05, 3.63) is 101 Å². The molecule has 208 valence electrons. The summed E-state index contributed by atoms with van der Waals surface area (Å²) in [7, 11) is -2.32. The van der Waals surface area contributed by atoms with Crippen LogP contribution < -0.4 is 9.62 Å². The van der Waals surface area contributed by atoms with Crippen LogP contribution in [0.3, 0.4) is 0 Å². The molecule has 39 heavy (non-hydrogen) atoms. The van der Waals surface area contributed by atoms with Crippen LogP contribution in [0.1, 0.15) is 37.5 Å². The highest BCUT2D eigenvalue weighted by molar-refractivity contribution is 7.92. The van der Waals surface area contributed by atoms with Crippen LogP contribution in [0.5, 0.6) is 0 Å². The van der Waals surface area contributed by atoms with E-state index < -0.39 is 28.5 Å². The van der Waals surface area contributed by atoms with E-state index >= 15 is 0 Å². The molecule has 0 aliphatic carbocycles. The van der Waals surface area contributed by atoms with Crippen LogP contribution in [0.25, 0.3) is 0 Å². The Morgan fingerprint density at radius 3 is 2.05 bits per heavy atom. The molecule has 0 saturated heterocycles. The van der Waals surface area contributed by atoms with Gasteiger partial charge >= 0.3 is 0 Å². The van der Waals surface area contributed by atoms with Crippen LogP contribution in [-0.4, -0.2) is 51.0 Å². The van der Waals surface area contributed by atoms with Gasteiger partial charge in [-0.05, 0) is 40.3 Å². The molecule has 0 heterocycles. The van der Waals surface area contributed by atoms with Gasteiger partial charge in [-0.15, -0.1) is 0 Å². The third kappa shape index (κ3) is 8.07. The molecule has 0 aromatic heterocycles. The molecule has 2 amide bonds. The van der Waals surface area contributed by atoms with Crippen molar-refractivity contribution in [3.8, 4) is 0 Å². The molecule has 3 aromatic carbocycles. The second-order valence-corrected chi connectivity index (χ2v) is 12.8. The Morgan fingerprint density at radius 1 is 0.923 bits per heavy atom. The molecular formula is C30H36ClN3O4S. The lowest BCUT2D eigenvalue weighted by Crippen LogP contribution is -2.52. The van der Waals surface area contributed by atoms with Crippen molar-refractivity contribution < 1.29 is 18.0 Å². The fraction of sp³-hybridized carbons (Fsp3) is 0.333. The molecule has 0 bridgehead atoms. The summed E-state index contributed by atoms with van der Waals surface area (Å²) >= 11 is 6.43. The zero-order valence-corrected chi connectivity index (χ0v) is 24.6. The number of hydrogen-bond donors (Lipinski definition) is 1. The fourth-order valence-electron chi connectivity index (χ4n) is 4.27. The lowest BCUT2D eigenvalue weighted by atomic mass is 9.87. The van der Waals surface area contributed by atoms with E-state index in [4.69, 9.17) is 11.6 Å². The summed E-state index contributed by atoms with van der Waals surface area (Å²) in [6, 6.07) is 22.7. The highest BCUT2D eigenvalue weighted by atomic mass is 35.5. The number of likely N-dealkylation sites (N-methyl/N-ethyl adjacent to an activating group) is 1. The van der Waals surface area contributed by atoms with Crippen LogP contribution in [0.2, 0.25) is 5.02 Å². The second kappa shape index (κ2) is 12.7. The van der Waals surface area contributed by atoms with Gasteiger partial charge in [0.25, 0.3) is 0 Å². The van der Waals surface area contributed by atoms with Gasteiger partial charge in [-0.25, -0.2) is 8.42 Å². The molecule has 0 aliphatic heterocycles. The molecule has 0 radical (unpaired) electrons. The second-order valence-electron chi connectivity index (χ2n) is 10.5. The number of anilines is 1. The zero-order valence-electron chi connectivity index (χ0n) is 23.0. The van der Waals surface area contributed by atoms with E-state index in [1.165, 1.54) is 11.9 Å². The first kappa shape index (κ1) is 30.2. The number of carbonyl (C=O) groups excluding carboxylic acids is 2. The van der Waals surface area contributed by atoms with Gasteiger partial charge < -0.3 is 10.2 Å². The zero-order chi connectivity index (χ0) is 28.8. The summed E-state index contributed by atoms with van der Waals surface area (Å²) in [5, 5.41) is 3.11. The minimum Gasteiger partial charge on any atom is -0.357 e. The van der Waals surface area contributed by atoms with Crippen molar-refractivity contribution in [3.63, 3.8) is 0 Å². The lowest BCUT2D eigenvalue weighted by molar-refractivity contribution is -0.139. The van der Waals surface area contributed by atoms with E-state index in [9.17, 15) is 18.0 Å². The SMILES string of the molecule is CNC(=O)C(Cc1ccccc1)N(Cc1ccccc1Cl)C(=O)CN(c1ccc(C(C)(C)C)cc1)S(C)(=O)=O. The van der Waals surface area contributed by atoms with Crippen molar-refractivity contribution in [2.24, 2.45) is 0 Å². The first-order valence-electron chi connectivity index (χ1n) is 12.7. The van der Waals surface area contributed by atoms with Crippen LogP contribution in [0.4, 0.5) is 5.69 Å². The summed E-state index contributed by atoms with van der Waals surface area (Å²) < 4.78 is 26.9. The highest BCUT2D eigenvalue weighted by Crippen LogP contribution is 2.27. The summed E-state index contributed by atoms with van der Waals surface area (Å²) in [5.74, 6) is -0.885. The molecule has 9 heteroatoms. The van der Waals surface area contributed by atoms with Gasteiger partial charge in [0.2, 0.25) is 21.8 Å². The lowest BCUT2D eigenvalue weighted by Gasteiger charge is -2.33. The molecule has 1 N–H and O–H groups in total. The van der Waals surface area contributed by atoms with Crippen molar-refractivity contribution in [1.29, 1.82) is 0 Å². The first-order valence-corrected chi connectivity index (χ1v) is 14.9. The average molecular weight is 570 g/mol. The third-order valence-corrected chi connectivity index (χ3v) is 8.03. The predicted octanol–water partition coefficient (Wildman–Crippen LogP) is 4.79. The molecule has 1 atom stereocenters. The van der Waals surface area contributed by atoms with Crippen LogP contribution in [-0.2, 0) is 38.0 Å². The molecular weight excluding hydrogens is 534 g/mol. The van der Waals surface area contributed by atoms with Crippen LogP contribution in [0, 0.1) is 0 Å². The number of carbonyl (C=O) groups is 2. The van der Waals surface area contributed by atoms with Crippen molar-refractivity contribution in [1.82, 2.24) is 10.2 Å². The van der Waals surface area contributed by atoms with Crippen LogP contribution in [0.15, 0.2) is 78.9 Å². The minimum atomic E-state index is -3.83. The first-order chi connectivity index (χ1) is 18.3. The normalized spacial score (nSPS) is 12.5. The predicted molar refractivity (Wildman–Crippen MR) is 157 cm³/mol. The number of amides is 2. The van der Waals surface area contributed by atoms with E-state index in [1.807, 2.05) is 42.5 Å². The summed E-state index contributed by atoms with van der Waals surface area (Å²) in [6.45, 7) is 5.76. The van der Waals surface area contributed by atoms with Gasteiger partial charge in [0.1, 0.15) is 12.6 Å². The number of nitrogens with zero attached hydrogens (tertiary/aromatic N) is 2. The van der Waals surface area contributed by atoms with E-state index in [2.05, 4.69) is 26.1 Å². The monoisotopic (exact) mass is 569 g/mol. The van der Waals surface area contributed by atoms with Gasteiger partial charge in [0.15, 0.2) is 0 Å². The Hall–Kier alpha value is -3.36. The highest BCUT2D eigenvalue weighted by Gasteiger charge is 2.33. The van der Waals surface area contributed by atoms with E-state index in [0.29, 0.717) is 16.3 Å². The Bertz CT molecular complexity index is 1390. The molecule has 3 rings (SSSR count). The maximum Gasteiger partial charge on any atom is 0.244 e. The average Bonchev–Trinajstić information content (AvgIpc) is 2.89. The number of rotatable bonds is 10. The van der Waals surface area contributed by atoms with E-state index in [1.54, 1.807) is 36.4 Å². The molecule has 0 spiro atoms. The molecule has 0 saturated carbocycles. The summed E-state index contributed by atoms with van der Waals surface area (Å²) in [5.41, 5.74) is 2.80. The number of nitrogens with one attached hydrogen (secondary N) is 1. The van der Waals surface area contributed by atoms with E-state index in [-0.39, 0.29) is 24.3 Å². The molecule has 0 fully saturated rings. The molecule has 3 aromatic rings.